The Morgan fingerprint density at radius 2 is 1.89 bits per heavy atom. The van der Waals surface area contributed by atoms with Crippen LogP contribution in [-0.2, 0) is 0 Å². The molecule has 2 rings (SSSR count). The Hall–Kier alpha value is -2.41. The van der Waals surface area contributed by atoms with Crippen molar-refractivity contribution < 1.29 is 0 Å². The van der Waals surface area contributed by atoms with E-state index < -0.39 is 0 Å². The number of nitrogens with zero attached hydrogens (tertiary/aromatic N) is 4. The Morgan fingerprint density at radius 3 is 2.56 bits per heavy atom. The third-order valence-corrected chi connectivity index (χ3v) is 2.63. The van der Waals surface area contributed by atoms with Crippen LogP contribution in [0, 0.1) is 18.3 Å². The minimum atomic E-state index is 0.449. The van der Waals surface area contributed by atoms with Crippen molar-refractivity contribution in [3.05, 3.63) is 48.4 Å². The SMILES string of the molecule is Cc1nccnc1N(CCC#N)c1ccccc1. The van der Waals surface area contributed by atoms with Crippen molar-refractivity contribution in [3.8, 4) is 6.07 Å². The minimum Gasteiger partial charge on any atom is -0.324 e. The van der Waals surface area contributed by atoms with Gasteiger partial charge in [0, 0.05) is 24.6 Å². The predicted molar refractivity (Wildman–Crippen MR) is 70.4 cm³/mol. The normalized spacial score (nSPS) is 9.78. The van der Waals surface area contributed by atoms with Gasteiger partial charge < -0.3 is 4.90 Å². The molecule has 0 spiro atoms. The van der Waals surface area contributed by atoms with Crippen molar-refractivity contribution in [1.82, 2.24) is 9.97 Å². The Kier molecular flexibility index (Phi) is 3.87. The molecule has 1 aromatic heterocycles. The highest BCUT2D eigenvalue weighted by Crippen LogP contribution is 2.24. The minimum absolute atomic E-state index is 0.449. The van der Waals surface area contributed by atoms with Crippen LogP contribution in [0.25, 0.3) is 0 Å². The van der Waals surface area contributed by atoms with Crippen molar-refractivity contribution in [2.45, 2.75) is 13.3 Å². The molecule has 4 heteroatoms. The lowest BCUT2D eigenvalue weighted by molar-refractivity contribution is 0.907. The van der Waals surface area contributed by atoms with Gasteiger partial charge in [0.05, 0.1) is 18.2 Å². The quantitative estimate of drug-likeness (QED) is 0.821. The molecule has 4 nitrogen and oxygen atoms in total. The summed E-state index contributed by atoms with van der Waals surface area (Å²) in [4.78, 5) is 10.6. The fourth-order valence-corrected chi connectivity index (χ4v) is 1.79. The number of hydrogen-bond acceptors (Lipinski definition) is 4. The van der Waals surface area contributed by atoms with Crippen molar-refractivity contribution in [1.29, 1.82) is 5.26 Å². The number of aryl methyl sites for hydroxylation is 1. The van der Waals surface area contributed by atoms with E-state index in [1.54, 1.807) is 12.4 Å². The first kappa shape index (κ1) is 12.1. The van der Waals surface area contributed by atoms with Crippen molar-refractivity contribution in [2.24, 2.45) is 0 Å². The molecule has 0 fully saturated rings. The molecule has 0 radical (unpaired) electrons. The first-order valence-electron chi connectivity index (χ1n) is 5.80. The summed E-state index contributed by atoms with van der Waals surface area (Å²) < 4.78 is 0. The second-order valence-electron chi connectivity index (χ2n) is 3.86. The van der Waals surface area contributed by atoms with E-state index in [2.05, 4.69) is 16.0 Å². The molecular weight excluding hydrogens is 224 g/mol. The number of nitriles is 1. The monoisotopic (exact) mass is 238 g/mol. The summed E-state index contributed by atoms with van der Waals surface area (Å²) in [5.74, 6) is 0.805. The van der Waals surface area contributed by atoms with Gasteiger partial charge in [0.2, 0.25) is 0 Å². The predicted octanol–water partition coefficient (Wildman–Crippen LogP) is 2.84. The molecule has 18 heavy (non-hydrogen) atoms. The van der Waals surface area contributed by atoms with Crippen molar-refractivity contribution in [2.75, 3.05) is 11.4 Å². The molecule has 0 unspecified atom stereocenters. The molecule has 0 saturated heterocycles. The van der Waals surface area contributed by atoms with Crippen LogP contribution >= 0.6 is 0 Å². The number of anilines is 2. The van der Waals surface area contributed by atoms with Gasteiger partial charge in [-0.1, -0.05) is 18.2 Å². The lowest BCUT2D eigenvalue weighted by atomic mass is 10.2. The van der Waals surface area contributed by atoms with Gasteiger partial charge in [-0.05, 0) is 19.1 Å². The average molecular weight is 238 g/mol. The number of aromatic nitrogens is 2. The van der Waals surface area contributed by atoms with Crippen molar-refractivity contribution in [3.63, 3.8) is 0 Å². The molecule has 1 heterocycles. The van der Waals surface area contributed by atoms with Gasteiger partial charge in [0.15, 0.2) is 5.82 Å². The highest BCUT2D eigenvalue weighted by molar-refractivity contribution is 5.61. The summed E-state index contributed by atoms with van der Waals surface area (Å²) in [6, 6.07) is 12.1. The van der Waals surface area contributed by atoms with Crippen LogP contribution in [0.15, 0.2) is 42.7 Å². The zero-order valence-electron chi connectivity index (χ0n) is 10.2. The van der Waals surface area contributed by atoms with Gasteiger partial charge in [0.25, 0.3) is 0 Å². The Labute approximate surface area is 107 Å². The molecular formula is C14H14N4. The second-order valence-corrected chi connectivity index (χ2v) is 3.86. The summed E-state index contributed by atoms with van der Waals surface area (Å²) in [6.45, 7) is 2.53. The number of benzene rings is 1. The number of hydrogen-bond donors (Lipinski definition) is 0. The van der Waals surface area contributed by atoms with Crippen LogP contribution in [-0.4, -0.2) is 16.5 Å². The van der Waals surface area contributed by atoms with Crippen LogP contribution in [0.5, 0.6) is 0 Å². The first-order chi connectivity index (χ1) is 8.83. The topological polar surface area (TPSA) is 52.8 Å². The van der Waals surface area contributed by atoms with Gasteiger partial charge in [-0.25, -0.2) is 4.98 Å². The third kappa shape index (κ3) is 2.64. The van der Waals surface area contributed by atoms with Gasteiger partial charge in [-0.2, -0.15) is 5.26 Å². The van der Waals surface area contributed by atoms with E-state index in [0.29, 0.717) is 13.0 Å². The molecule has 2 aromatic rings. The molecule has 0 bridgehead atoms. The molecule has 1 aromatic carbocycles. The number of rotatable bonds is 4. The molecule has 0 saturated carbocycles. The lowest BCUT2D eigenvalue weighted by Gasteiger charge is -2.23. The van der Waals surface area contributed by atoms with Gasteiger partial charge in [-0.3, -0.25) is 4.98 Å². The molecule has 0 amide bonds. The standard InChI is InChI=1S/C14H14N4/c1-12-14(17-10-9-16-12)18(11-5-8-15)13-6-3-2-4-7-13/h2-4,6-7,9-10H,5,11H2,1H3. The van der Waals surface area contributed by atoms with E-state index in [1.807, 2.05) is 42.2 Å². The van der Waals surface area contributed by atoms with E-state index in [-0.39, 0.29) is 0 Å². The van der Waals surface area contributed by atoms with Gasteiger partial charge >= 0.3 is 0 Å². The molecule has 0 N–H and O–H groups in total. The highest BCUT2D eigenvalue weighted by Gasteiger charge is 2.12. The maximum absolute atomic E-state index is 8.77. The second kappa shape index (κ2) is 5.78. The van der Waals surface area contributed by atoms with Crippen LogP contribution in [0.4, 0.5) is 11.5 Å². The molecule has 0 aliphatic heterocycles. The molecule has 0 aliphatic rings. The van der Waals surface area contributed by atoms with Crippen LogP contribution in [0.1, 0.15) is 12.1 Å². The van der Waals surface area contributed by atoms with Crippen LogP contribution in [0.2, 0.25) is 0 Å². The average Bonchev–Trinajstić information content (AvgIpc) is 2.42. The lowest BCUT2D eigenvalue weighted by Crippen LogP contribution is -2.20. The smallest absolute Gasteiger partial charge is 0.154 e. The fourth-order valence-electron chi connectivity index (χ4n) is 1.79. The van der Waals surface area contributed by atoms with Gasteiger partial charge in [-0.15, -0.1) is 0 Å². The summed E-state index contributed by atoms with van der Waals surface area (Å²) in [7, 11) is 0. The zero-order valence-corrected chi connectivity index (χ0v) is 10.2. The maximum Gasteiger partial charge on any atom is 0.154 e. The number of para-hydroxylation sites is 1. The Balaban J connectivity index is 2.38. The molecule has 0 aliphatic carbocycles. The van der Waals surface area contributed by atoms with E-state index in [4.69, 9.17) is 5.26 Å². The highest BCUT2D eigenvalue weighted by atomic mass is 15.2. The molecule has 0 atom stereocenters. The van der Waals surface area contributed by atoms with Crippen LogP contribution < -0.4 is 4.90 Å². The zero-order chi connectivity index (χ0) is 12.8. The van der Waals surface area contributed by atoms with Gasteiger partial charge in [0.1, 0.15) is 0 Å². The van der Waals surface area contributed by atoms with Crippen molar-refractivity contribution >= 4 is 11.5 Å². The third-order valence-electron chi connectivity index (χ3n) is 2.63. The summed E-state index contributed by atoms with van der Waals surface area (Å²) in [5, 5.41) is 8.77. The molecule has 90 valence electrons. The maximum atomic E-state index is 8.77. The van der Waals surface area contributed by atoms with E-state index >= 15 is 0 Å². The first-order valence-corrected chi connectivity index (χ1v) is 5.80. The Bertz CT molecular complexity index is 545. The summed E-state index contributed by atoms with van der Waals surface area (Å²) >= 11 is 0. The van der Waals surface area contributed by atoms with Crippen LogP contribution in [0.3, 0.4) is 0 Å². The largest absolute Gasteiger partial charge is 0.324 e. The van der Waals surface area contributed by atoms with E-state index in [1.165, 1.54) is 0 Å². The summed E-state index contributed by atoms with van der Waals surface area (Å²) in [5.41, 5.74) is 1.88. The summed E-state index contributed by atoms with van der Waals surface area (Å²) in [6.07, 6.45) is 3.79. The van der Waals surface area contributed by atoms with E-state index in [9.17, 15) is 0 Å². The fraction of sp³-hybridized carbons (Fsp3) is 0.214. The Morgan fingerprint density at radius 1 is 1.17 bits per heavy atom. The van der Waals surface area contributed by atoms with E-state index in [0.717, 1.165) is 17.2 Å².